The van der Waals surface area contributed by atoms with Crippen molar-refractivity contribution in [1.82, 2.24) is 9.78 Å². The van der Waals surface area contributed by atoms with Gasteiger partial charge in [0.05, 0.1) is 24.1 Å². The number of carbonyl (C=O) groups excluding carboxylic acids is 1. The number of aromatic nitrogens is 2. The largest absolute Gasteiger partial charge is 0.481 e. The first kappa shape index (κ1) is 17.3. The summed E-state index contributed by atoms with van der Waals surface area (Å²) in [7, 11) is 1.55. The number of fused-ring (bicyclic) bond motifs is 1. The van der Waals surface area contributed by atoms with E-state index in [9.17, 15) is 4.79 Å². The Morgan fingerprint density at radius 3 is 2.79 bits per heavy atom. The van der Waals surface area contributed by atoms with Crippen LogP contribution in [0.1, 0.15) is 51.3 Å². The van der Waals surface area contributed by atoms with Crippen LogP contribution in [0.3, 0.4) is 0 Å². The molecule has 1 aromatic heterocycles. The minimum absolute atomic E-state index is 0.104. The van der Waals surface area contributed by atoms with Crippen molar-refractivity contribution in [3.8, 4) is 5.88 Å². The van der Waals surface area contributed by atoms with Crippen molar-refractivity contribution in [2.75, 3.05) is 7.11 Å². The Labute approximate surface area is 151 Å². The maximum absolute atomic E-state index is 13.0. The third-order valence-electron chi connectivity index (χ3n) is 4.66. The Morgan fingerprint density at radius 2 is 2.12 bits per heavy atom. The summed E-state index contributed by atoms with van der Waals surface area (Å²) in [6, 6.07) is 3.86. The van der Waals surface area contributed by atoms with Crippen LogP contribution in [0, 0.1) is 6.92 Å². The van der Waals surface area contributed by atoms with E-state index in [1.54, 1.807) is 18.0 Å². The van der Waals surface area contributed by atoms with Gasteiger partial charge >= 0.3 is 0 Å². The van der Waals surface area contributed by atoms with Gasteiger partial charge in [-0.25, -0.2) is 4.68 Å². The molecule has 6 heteroatoms. The van der Waals surface area contributed by atoms with E-state index in [1.165, 1.54) is 5.56 Å². The maximum Gasteiger partial charge on any atom is 0.223 e. The molecule has 2 aromatic rings. The molecule has 3 rings (SSSR count). The average molecular weight is 367 g/mol. The van der Waals surface area contributed by atoms with E-state index in [2.05, 4.69) is 5.10 Å². The molecule has 0 radical (unpaired) electrons. The third-order valence-corrected chi connectivity index (χ3v) is 5.78. The molecule has 1 aliphatic carbocycles. The molecule has 2 unspecified atom stereocenters. The van der Waals surface area contributed by atoms with Crippen LogP contribution in [0.5, 0.6) is 5.88 Å². The number of ether oxygens (including phenoxy) is 1. The second-order valence-corrected chi connectivity index (χ2v) is 7.01. The number of hydrogen-bond acceptors (Lipinski definition) is 3. The summed E-state index contributed by atoms with van der Waals surface area (Å²) in [4.78, 5) is 13.0. The SMILES string of the molecule is CCn1ncc(C(=O)c2ccc3c(c2C)C(Cl)C(Cl)CC3)c1OC. The maximum atomic E-state index is 13.0. The monoisotopic (exact) mass is 366 g/mol. The highest BCUT2D eigenvalue weighted by Crippen LogP contribution is 2.41. The fourth-order valence-corrected chi connectivity index (χ4v) is 4.03. The van der Waals surface area contributed by atoms with Gasteiger partial charge in [0.15, 0.2) is 5.78 Å². The van der Waals surface area contributed by atoms with Crippen LogP contribution in [0.4, 0.5) is 0 Å². The van der Waals surface area contributed by atoms with E-state index in [0.29, 0.717) is 23.6 Å². The first-order valence-corrected chi connectivity index (χ1v) is 8.91. The van der Waals surface area contributed by atoms with Crippen molar-refractivity contribution in [3.05, 3.63) is 46.1 Å². The van der Waals surface area contributed by atoms with Crippen molar-refractivity contribution < 1.29 is 9.53 Å². The molecule has 128 valence electrons. The second-order valence-electron chi connectivity index (χ2n) is 5.98. The molecule has 0 spiro atoms. The zero-order chi connectivity index (χ0) is 17.4. The van der Waals surface area contributed by atoms with E-state index in [0.717, 1.165) is 24.0 Å². The van der Waals surface area contributed by atoms with Crippen molar-refractivity contribution >= 4 is 29.0 Å². The topological polar surface area (TPSA) is 44.1 Å². The molecule has 0 aliphatic heterocycles. The fraction of sp³-hybridized carbons (Fsp3) is 0.444. The number of aryl methyl sites for hydroxylation is 2. The molecule has 0 amide bonds. The molecule has 1 aromatic carbocycles. The van der Waals surface area contributed by atoms with E-state index >= 15 is 0 Å². The van der Waals surface area contributed by atoms with Crippen LogP contribution < -0.4 is 4.74 Å². The summed E-state index contributed by atoms with van der Waals surface area (Å²) < 4.78 is 7.04. The van der Waals surface area contributed by atoms with Crippen molar-refractivity contribution in [2.45, 2.75) is 44.0 Å². The van der Waals surface area contributed by atoms with Gasteiger partial charge in [-0.2, -0.15) is 5.10 Å². The minimum Gasteiger partial charge on any atom is -0.481 e. The van der Waals surface area contributed by atoms with Gasteiger partial charge in [-0.3, -0.25) is 4.79 Å². The Kier molecular flexibility index (Phi) is 4.88. The number of halogens is 2. The van der Waals surface area contributed by atoms with E-state index in [1.807, 2.05) is 26.0 Å². The zero-order valence-corrected chi connectivity index (χ0v) is 15.5. The van der Waals surface area contributed by atoms with Gasteiger partial charge in [-0.05, 0) is 43.4 Å². The first-order chi connectivity index (χ1) is 11.5. The summed E-state index contributed by atoms with van der Waals surface area (Å²) in [6.45, 7) is 4.52. The number of ketones is 1. The zero-order valence-electron chi connectivity index (χ0n) is 14.0. The molecule has 1 heterocycles. The molecule has 0 saturated heterocycles. The molecule has 0 N–H and O–H groups in total. The Balaban J connectivity index is 2.08. The lowest BCUT2D eigenvalue weighted by molar-refractivity contribution is 0.103. The molecule has 2 atom stereocenters. The van der Waals surface area contributed by atoms with E-state index < -0.39 is 0 Å². The first-order valence-electron chi connectivity index (χ1n) is 8.04. The van der Waals surface area contributed by atoms with Gasteiger partial charge in [0.2, 0.25) is 5.88 Å². The van der Waals surface area contributed by atoms with Gasteiger partial charge in [-0.15, -0.1) is 23.2 Å². The number of alkyl halides is 2. The summed E-state index contributed by atoms with van der Waals surface area (Å²) in [5, 5.41) is 3.83. The summed E-state index contributed by atoms with van der Waals surface area (Å²) >= 11 is 12.9. The number of nitrogens with zero attached hydrogens (tertiary/aromatic N) is 2. The van der Waals surface area contributed by atoms with Crippen LogP contribution in [0.25, 0.3) is 0 Å². The predicted octanol–water partition coefficient (Wildman–Crippen LogP) is 4.28. The highest BCUT2D eigenvalue weighted by Gasteiger charge is 2.30. The number of benzene rings is 1. The molecule has 4 nitrogen and oxygen atoms in total. The second kappa shape index (κ2) is 6.77. The third kappa shape index (κ3) is 2.72. The van der Waals surface area contributed by atoms with E-state index in [-0.39, 0.29) is 16.5 Å². The summed E-state index contributed by atoms with van der Waals surface area (Å²) in [6.07, 6.45) is 3.30. The van der Waals surface area contributed by atoms with Crippen molar-refractivity contribution in [1.29, 1.82) is 0 Å². The van der Waals surface area contributed by atoms with Crippen LogP contribution in [-0.4, -0.2) is 28.1 Å². The normalized spacial score (nSPS) is 19.9. The minimum atomic E-state index is -0.275. The summed E-state index contributed by atoms with van der Waals surface area (Å²) in [5.41, 5.74) is 4.16. The standard InChI is InChI=1S/C18H20Cl2N2O2/c1-4-22-18(24-3)13(9-21-22)17(23)12-7-5-11-6-8-14(19)16(20)15(11)10(12)2/h5,7,9,14,16H,4,6,8H2,1-3H3. The quantitative estimate of drug-likeness (QED) is 0.598. The molecular formula is C18H20Cl2N2O2. The number of methoxy groups -OCH3 is 1. The lowest BCUT2D eigenvalue weighted by Gasteiger charge is -2.28. The molecular weight excluding hydrogens is 347 g/mol. The van der Waals surface area contributed by atoms with E-state index in [4.69, 9.17) is 27.9 Å². The van der Waals surface area contributed by atoms with Gasteiger partial charge in [0, 0.05) is 12.1 Å². The van der Waals surface area contributed by atoms with Crippen molar-refractivity contribution in [3.63, 3.8) is 0 Å². The highest BCUT2D eigenvalue weighted by molar-refractivity contribution is 6.30. The lowest BCUT2D eigenvalue weighted by Crippen LogP contribution is -2.20. The molecule has 1 aliphatic rings. The van der Waals surface area contributed by atoms with Crippen molar-refractivity contribution in [2.24, 2.45) is 0 Å². The van der Waals surface area contributed by atoms with Gasteiger partial charge in [-0.1, -0.05) is 12.1 Å². The molecule has 0 bridgehead atoms. The fourth-order valence-electron chi connectivity index (χ4n) is 3.37. The average Bonchev–Trinajstić information content (AvgIpc) is 3.00. The van der Waals surface area contributed by atoms with Crippen LogP contribution in [-0.2, 0) is 13.0 Å². The van der Waals surface area contributed by atoms with Crippen LogP contribution in [0.2, 0.25) is 0 Å². The van der Waals surface area contributed by atoms with Crippen LogP contribution >= 0.6 is 23.2 Å². The van der Waals surface area contributed by atoms with Crippen LogP contribution in [0.15, 0.2) is 18.3 Å². The van der Waals surface area contributed by atoms with Gasteiger partial charge in [0.25, 0.3) is 0 Å². The Bertz CT molecular complexity index is 786. The number of hydrogen-bond donors (Lipinski definition) is 0. The Hall–Kier alpha value is -1.52. The number of rotatable bonds is 4. The van der Waals surface area contributed by atoms with Gasteiger partial charge in [0.1, 0.15) is 5.56 Å². The summed E-state index contributed by atoms with van der Waals surface area (Å²) in [5.74, 6) is 0.379. The lowest BCUT2D eigenvalue weighted by atomic mass is 9.84. The van der Waals surface area contributed by atoms with Gasteiger partial charge < -0.3 is 4.74 Å². The Morgan fingerprint density at radius 1 is 1.38 bits per heavy atom. The highest BCUT2D eigenvalue weighted by atomic mass is 35.5. The molecule has 0 saturated carbocycles. The predicted molar refractivity (Wildman–Crippen MR) is 95.6 cm³/mol. The molecule has 0 fully saturated rings. The molecule has 24 heavy (non-hydrogen) atoms. The smallest absolute Gasteiger partial charge is 0.223 e. The number of carbonyl (C=O) groups is 1.